The van der Waals surface area contributed by atoms with Gasteiger partial charge in [-0.25, -0.2) is 4.79 Å². The maximum absolute atomic E-state index is 14.1. The minimum atomic E-state index is -0.701. The fourth-order valence-electron chi connectivity index (χ4n) is 7.48. The van der Waals surface area contributed by atoms with Crippen LogP contribution in [0.15, 0.2) is 46.3 Å². The zero-order valence-electron chi connectivity index (χ0n) is 23.5. The minimum Gasteiger partial charge on any atom is -0.504 e. The number of aliphatic hydroxyl groups excluding tert-OH is 1. The number of esters is 1. The van der Waals surface area contributed by atoms with Gasteiger partial charge in [0, 0.05) is 16.9 Å². The van der Waals surface area contributed by atoms with E-state index in [2.05, 4.69) is 34.3 Å². The maximum atomic E-state index is 14.1. The van der Waals surface area contributed by atoms with Crippen molar-refractivity contribution < 1.29 is 24.2 Å². The van der Waals surface area contributed by atoms with Crippen LogP contribution in [0.1, 0.15) is 99.3 Å². The van der Waals surface area contributed by atoms with E-state index in [1.165, 1.54) is 0 Å². The molecule has 0 aromatic carbocycles. The number of rotatable bonds is 8. The van der Waals surface area contributed by atoms with E-state index in [4.69, 9.17) is 4.74 Å². The van der Waals surface area contributed by atoms with Crippen molar-refractivity contribution in [3.05, 3.63) is 46.3 Å². The van der Waals surface area contributed by atoms with Crippen molar-refractivity contribution >= 4 is 17.5 Å². The topological polar surface area (TPSA) is 80.7 Å². The van der Waals surface area contributed by atoms with Crippen molar-refractivity contribution in [1.29, 1.82) is 0 Å². The number of fused-ring (bicyclic) bond motifs is 2. The Balaban J connectivity index is 1.72. The molecule has 0 amide bonds. The zero-order chi connectivity index (χ0) is 27.3. The van der Waals surface area contributed by atoms with E-state index in [9.17, 15) is 19.5 Å². The Labute approximate surface area is 222 Å². The third kappa shape index (κ3) is 4.46. The Hall–Kier alpha value is -2.43. The van der Waals surface area contributed by atoms with Gasteiger partial charge in [0.1, 0.15) is 11.7 Å². The highest BCUT2D eigenvalue weighted by molar-refractivity contribution is 6.34. The van der Waals surface area contributed by atoms with E-state index in [0.717, 1.165) is 56.1 Å². The number of ether oxygens (including phenoxy) is 1. The number of carbonyl (C=O) groups excluding carboxylic acids is 3. The number of aliphatic hydroxyl groups is 1. The molecule has 4 aliphatic rings. The monoisotopic (exact) mass is 508 g/mol. The lowest BCUT2D eigenvalue weighted by Crippen LogP contribution is -2.40. The predicted molar refractivity (Wildman–Crippen MR) is 145 cm³/mol. The smallest absolute Gasteiger partial charge is 0.342 e. The molecule has 5 nitrogen and oxygen atoms in total. The Morgan fingerprint density at radius 2 is 1.86 bits per heavy atom. The summed E-state index contributed by atoms with van der Waals surface area (Å²) in [7, 11) is 0. The molecule has 202 valence electrons. The number of allylic oxidation sites excluding steroid dienone is 5. The quantitative estimate of drug-likeness (QED) is 0.124. The van der Waals surface area contributed by atoms with Crippen molar-refractivity contribution in [2.45, 2.75) is 105 Å². The number of unbranched alkanes of at least 4 members (excludes halogenated alkanes) is 2. The van der Waals surface area contributed by atoms with E-state index in [0.29, 0.717) is 12.3 Å². The second kappa shape index (κ2) is 10.0. The molecular weight excluding hydrogens is 464 g/mol. The third-order valence-electron chi connectivity index (χ3n) is 10.4. The SMILES string of the molecule is C=C(C)C1CCC(C)=C[C@H]1C1=C(O)C(=O)C(CCCCC)=C(C(=O)OC2CC3CCC2(C)C3(C)C)C1=O. The van der Waals surface area contributed by atoms with Gasteiger partial charge in [-0.05, 0) is 76.0 Å². The van der Waals surface area contributed by atoms with Gasteiger partial charge in [0.05, 0.1) is 5.57 Å². The van der Waals surface area contributed by atoms with Gasteiger partial charge in [-0.2, -0.15) is 0 Å². The first-order valence-corrected chi connectivity index (χ1v) is 14.1. The van der Waals surface area contributed by atoms with Crippen molar-refractivity contribution in [2.75, 3.05) is 0 Å². The summed E-state index contributed by atoms with van der Waals surface area (Å²) in [5.74, 6) is -2.46. The average Bonchev–Trinajstić information content (AvgIpc) is 3.16. The van der Waals surface area contributed by atoms with Crippen LogP contribution in [0.25, 0.3) is 0 Å². The molecule has 37 heavy (non-hydrogen) atoms. The normalized spacial score (nSPS) is 33.2. The highest BCUT2D eigenvalue weighted by Crippen LogP contribution is 2.66. The van der Waals surface area contributed by atoms with Gasteiger partial charge >= 0.3 is 5.97 Å². The molecule has 1 N–H and O–H groups in total. The molecule has 0 spiro atoms. The Bertz CT molecular complexity index is 1120. The first kappa shape index (κ1) is 27.6. The molecule has 2 saturated carbocycles. The Morgan fingerprint density at radius 1 is 1.16 bits per heavy atom. The van der Waals surface area contributed by atoms with Gasteiger partial charge < -0.3 is 9.84 Å². The first-order chi connectivity index (χ1) is 17.3. The summed E-state index contributed by atoms with van der Waals surface area (Å²) in [4.78, 5) is 41.5. The lowest BCUT2D eigenvalue weighted by molar-refractivity contribution is -0.153. The first-order valence-electron chi connectivity index (χ1n) is 14.1. The minimum absolute atomic E-state index is 0.0303. The van der Waals surface area contributed by atoms with Crippen molar-refractivity contribution in [3.63, 3.8) is 0 Å². The van der Waals surface area contributed by atoms with Crippen LogP contribution in [0.5, 0.6) is 0 Å². The van der Waals surface area contributed by atoms with E-state index < -0.39 is 29.2 Å². The van der Waals surface area contributed by atoms with Gasteiger partial charge in [0.25, 0.3) is 0 Å². The molecule has 0 saturated heterocycles. The summed E-state index contributed by atoms with van der Waals surface area (Å²) in [6.07, 6.45) is 8.96. The summed E-state index contributed by atoms with van der Waals surface area (Å²) in [5.41, 5.74) is 1.87. The Morgan fingerprint density at radius 3 is 2.43 bits per heavy atom. The van der Waals surface area contributed by atoms with Crippen LogP contribution in [-0.2, 0) is 19.1 Å². The molecular formula is C32H44O5. The van der Waals surface area contributed by atoms with Crippen molar-refractivity contribution in [2.24, 2.45) is 28.6 Å². The highest BCUT2D eigenvalue weighted by Gasteiger charge is 2.63. The predicted octanol–water partition coefficient (Wildman–Crippen LogP) is 7.13. The summed E-state index contributed by atoms with van der Waals surface area (Å²) in [5, 5.41) is 11.1. The van der Waals surface area contributed by atoms with Gasteiger partial charge in [-0.15, -0.1) is 0 Å². The highest BCUT2D eigenvalue weighted by atomic mass is 16.5. The van der Waals surface area contributed by atoms with Gasteiger partial charge in [-0.1, -0.05) is 64.3 Å². The fourth-order valence-corrected chi connectivity index (χ4v) is 7.48. The Kier molecular flexibility index (Phi) is 7.49. The summed E-state index contributed by atoms with van der Waals surface area (Å²) in [6, 6.07) is 0. The molecule has 0 aliphatic heterocycles. The van der Waals surface area contributed by atoms with Crippen molar-refractivity contribution in [3.8, 4) is 0 Å². The summed E-state index contributed by atoms with van der Waals surface area (Å²) >= 11 is 0. The number of carbonyl (C=O) groups is 3. The molecule has 5 atom stereocenters. The largest absolute Gasteiger partial charge is 0.504 e. The molecule has 0 aromatic rings. The molecule has 2 bridgehead atoms. The number of hydrogen-bond donors (Lipinski definition) is 1. The van der Waals surface area contributed by atoms with E-state index >= 15 is 0 Å². The standard InChI is InChI=1S/C32H44O5/c1-8-9-10-11-22-26(30(36)37-24-17-20-14-15-32(24,7)31(20,5)6)28(34)25(29(35)27(22)33)23-16-19(4)12-13-21(23)18(2)3/h16,20-21,23-24,35H,2,8-15,17H2,1,3-7H3/t20?,21?,23-,24?,32?/m1/s1. The van der Waals surface area contributed by atoms with Crippen LogP contribution in [0.3, 0.4) is 0 Å². The van der Waals surface area contributed by atoms with Crippen LogP contribution in [0.2, 0.25) is 0 Å². The number of ketones is 2. The van der Waals surface area contributed by atoms with Gasteiger partial charge in [-0.3, -0.25) is 9.59 Å². The molecule has 0 aromatic heterocycles. The van der Waals surface area contributed by atoms with Crippen molar-refractivity contribution in [1.82, 2.24) is 0 Å². The maximum Gasteiger partial charge on any atom is 0.342 e. The number of Topliss-reactive ketones (excluding diaryl/α,β-unsaturated/α-hetero) is 2. The number of hydrogen-bond acceptors (Lipinski definition) is 5. The van der Waals surface area contributed by atoms with Gasteiger partial charge in [0.15, 0.2) is 5.76 Å². The van der Waals surface area contributed by atoms with Crippen LogP contribution in [0.4, 0.5) is 0 Å². The van der Waals surface area contributed by atoms with Crippen LogP contribution >= 0.6 is 0 Å². The summed E-state index contributed by atoms with van der Waals surface area (Å²) in [6.45, 7) is 16.8. The van der Waals surface area contributed by atoms with E-state index in [1.807, 2.05) is 19.9 Å². The molecule has 4 rings (SSSR count). The molecule has 0 radical (unpaired) electrons. The molecule has 0 heterocycles. The van der Waals surface area contributed by atoms with Gasteiger partial charge in [0.2, 0.25) is 11.6 Å². The molecule has 4 unspecified atom stereocenters. The summed E-state index contributed by atoms with van der Waals surface area (Å²) < 4.78 is 6.14. The molecule has 5 heteroatoms. The van der Waals surface area contributed by atoms with Crippen LogP contribution < -0.4 is 0 Å². The van der Waals surface area contributed by atoms with E-state index in [-0.39, 0.29) is 46.0 Å². The lowest BCUT2D eigenvalue weighted by Gasteiger charge is -2.38. The molecule has 2 fully saturated rings. The fraction of sp³-hybridized carbons (Fsp3) is 0.656. The lowest BCUT2D eigenvalue weighted by atomic mass is 9.69. The second-order valence-electron chi connectivity index (χ2n) is 12.8. The van der Waals surface area contributed by atoms with Crippen LogP contribution in [-0.4, -0.2) is 28.7 Å². The van der Waals surface area contributed by atoms with Crippen LogP contribution in [0, 0.1) is 28.6 Å². The second-order valence-corrected chi connectivity index (χ2v) is 12.8. The third-order valence-corrected chi connectivity index (χ3v) is 10.4. The zero-order valence-corrected chi connectivity index (χ0v) is 23.5. The average molecular weight is 509 g/mol. The van der Waals surface area contributed by atoms with E-state index in [1.54, 1.807) is 0 Å². The molecule has 4 aliphatic carbocycles.